The third-order valence-electron chi connectivity index (χ3n) is 9.49. The molecule has 0 fully saturated rings. The molecule has 3 atom stereocenters. The number of aliphatic hydroxyl groups is 1. The maximum Gasteiger partial charge on any atom is 0.472 e. The van der Waals surface area contributed by atoms with Crippen molar-refractivity contribution in [3.8, 4) is 0 Å². The summed E-state index contributed by atoms with van der Waals surface area (Å²) in [7, 11) is -4.75. The molecule has 11 nitrogen and oxygen atoms in total. The second-order valence-electron chi connectivity index (χ2n) is 14.9. The zero-order valence-corrected chi connectivity index (χ0v) is 35.6. The van der Waals surface area contributed by atoms with Gasteiger partial charge in [0.2, 0.25) is 5.91 Å². The minimum atomic E-state index is -4.75. The molecule has 0 saturated carbocycles. The number of nitrogens with one attached hydrogen (secondary N) is 1. The summed E-state index contributed by atoms with van der Waals surface area (Å²) in [6.45, 7) is 2.55. The van der Waals surface area contributed by atoms with Crippen molar-refractivity contribution in [2.24, 2.45) is 0 Å². The van der Waals surface area contributed by atoms with E-state index in [1.54, 1.807) is 0 Å². The Morgan fingerprint density at radius 2 is 1.00 bits per heavy atom. The van der Waals surface area contributed by atoms with E-state index in [2.05, 4.69) is 43.5 Å². The van der Waals surface area contributed by atoms with Crippen molar-refractivity contribution >= 4 is 25.7 Å². The largest absolute Gasteiger partial charge is 0.480 e. The average molecular weight is 802 g/mol. The molecular weight excluding hydrogens is 721 g/mol. The lowest BCUT2D eigenvalue weighted by Crippen LogP contribution is -2.43. The Morgan fingerprint density at radius 1 is 0.582 bits per heavy atom. The van der Waals surface area contributed by atoms with Crippen LogP contribution in [0.1, 0.15) is 200 Å². The van der Waals surface area contributed by atoms with Gasteiger partial charge in [-0.1, -0.05) is 167 Å². The predicted octanol–water partition coefficient (Wildman–Crippen LogP) is 11.1. The molecule has 0 aliphatic heterocycles. The number of aliphatic hydroxyl groups excluding tert-OH is 1. The summed E-state index contributed by atoms with van der Waals surface area (Å²) in [4.78, 5) is 45.8. The van der Waals surface area contributed by atoms with Gasteiger partial charge in [0.15, 0.2) is 6.04 Å². The van der Waals surface area contributed by atoms with Crippen LogP contribution in [0, 0.1) is 0 Å². The molecule has 4 N–H and O–H groups in total. The van der Waals surface area contributed by atoms with Crippen LogP contribution >= 0.6 is 7.82 Å². The van der Waals surface area contributed by atoms with Crippen LogP contribution in [0.3, 0.4) is 0 Å². The number of carboxylic acid groups (broad SMARTS) is 1. The second kappa shape index (κ2) is 38.8. The van der Waals surface area contributed by atoms with Crippen molar-refractivity contribution in [3.05, 3.63) is 24.3 Å². The number of ether oxygens (including phenoxy) is 1. The molecule has 0 saturated heterocycles. The number of phosphoric acid groups is 1. The van der Waals surface area contributed by atoms with Crippen LogP contribution in [-0.4, -0.2) is 64.9 Å². The monoisotopic (exact) mass is 802 g/mol. The number of rotatable bonds is 41. The highest BCUT2D eigenvalue weighted by atomic mass is 31.2. The van der Waals surface area contributed by atoms with Gasteiger partial charge in [-0.2, -0.15) is 0 Å². The van der Waals surface area contributed by atoms with Gasteiger partial charge in [-0.3, -0.25) is 18.6 Å². The first kappa shape index (κ1) is 53.0. The number of allylic oxidation sites excluding steroid dienone is 4. The summed E-state index contributed by atoms with van der Waals surface area (Å²) in [5.41, 5.74) is 0. The normalized spacial score (nSPS) is 14.0. The van der Waals surface area contributed by atoms with Crippen LogP contribution in [-0.2, 0) is 32.7 Å². The lowest BCUT2D eigenvalue weighted by Gasteiger charge is -2.18. The van der Waals surface area contributed by atoms with Crippen molar-refractivity contribution < 1.29 is 47.8 Å². The molecule has 12 heteroatoms. The minimum Gasteiger partial charge on any atom is -0.480 e. The Kier molecular flexibility index (Phi) is 37.4. The molecule has 0 radical (unpaired) electrons. The van der Waals surface area contributed by atoms with Gasteiger partial charge >= 0.3 is 19.8 Å². The molecular formula is C43H80NO10P. The number of carbonyl (C=O) groups excluding carboxylic acids is 2. The maximum absolute atomic E-state index is 12.2. The van der Waals surface area contributed by atoms with Crippen molar-refractivity contribution in [2.45, 2.75) is 212 Å². The summed E-state index contributed by atoms with van der Waals surface area (Å²) in [6, 6.07) is -1.54. The van der Waals surface area contributed by atoms with Gasteiger partial charge in [0, 0.05) is 12.8 Å². The fraction of sp³-hybridized carbons (Fsp3) is 0.837. The summed E-state index contributed by atoms with van der Waals surface area (Å²) >= 11 is 0. The number of phosphoric ester groups is 1. The zero-order chi connectivity index (χ0) is 40.7. The average Bonchev–Trinajstić information content (AvgIpc) is 3.16. The van der Waals surface area contributed by atoms with Crippen molar-refractivity contribution in [1.29, 1.82) is 0 Å². The van der Waals surface area contributed by atoms with Crippen molar-refractivity contribution in [1.82, 2.24) is 5.32 Å². The number of unbranched alkanes of at least 4 members (excludes halogenated alkanes) is 23. The lowest BCUT2D eigenvalue weighted by molar-refractivity contribution is -0.147. The second-order valence-corrected chi connectivity index (χ2v) is 16.3. The van der Waals surface area contributed by atoms with E-state index in [0.717, 1.165) is 44.9 Å². The van der Waals surface area contributed by atoms with Gasteiger partial charge in [-0.25, -0.2) is 9.36 Å². The zero-order valence-electron chi connectivity index (χ0n) is 34.7. The highest BCUT2D eigenvalue weighted by Gasteiger charge is 2.28. The maximum atomic E-state index is 12.2. The number of aliphatic carboxylic acids is 1. The van der Waals surface area contributed by atoms with E-state index in [1.807, 2.05) is 0 Å². The molecule has 0 aromatic rings. The molecule has 0 aromatic heterocycles. The number of esters is 1. The Morgan fingerprint density at radius 3 is 1.51 bits per heavy atom. The summed E-state index contributed by atoms with van der Waals surface area (Å²) < 4.78 is 26.8. The molecule has 0 aromatic carbocycles. The number of hydrogen-bond donors (Lipinski definition) is 4. The fourth-order valence-electron chi connectivity index (χ4n) is 6.05. The molecule has 0 aliphatic carbocycles. The van der Waals surface area contributed by atoms with E-state index >= 15 is 0 Å². The van der Waals surface area contributed by atoms with E-state index in [1.165, 1.54) is 116 Å². The van der Waals surface area contributed by atoms with Crippen molar-refractivity contribution in [3.63, 3.8) is 0 Å². The quantitative estimate of drug-likeness (QED) is 0.0202. The van der Waals surface area contributed by atoms with Gasteiger partial charge in [0.1, 0.15) is 12.7 Å². The molecule has 0 bridgehead atoms. The molecule has 0 spiro atoms. The van der Waals surface area contributed by atoms with E-state index < -0.39 is 57.6 Å². The van der Waals surface area contributed by atoms with Gasteiger partial charge in [-0.05, 0) is 44.9 Å². The first-order valence-electron chi connectivity index (χ1n) is 21.9. The molecule has 55 heavy (non-hydrogen) atoms. The molecule has 322 valence electrons. The Bertz CT molecular complexity index is 1040. The van der Waals surface area contributed by atoms with Crippen LogP contribution in [0.15, 0.2) is 24.3 Å². The highest BCUT2D eigenvalue weighted by Crippen LogP contribution is 2.43. The van der Waals surface area contributed by atoms with Gasteiger partial charge in [0.05, 0.1) is 13.2 Å². The Hall–Kier alpha value is -2.04. The van der Waals surface area contributed by atoms with E-state index in [-0.39, 0.29) is 12.8 Å². The Labute approximate surface area is 334 Å². The standard InChI is InChI=1S/C43H80NO10P/c1-3-5-7-9-11-13-15-16-17-18-19-20-21-22-23-24-25-27-29-31-33-35-42(47)52-36-39(45)37-53-55(50,51)54-38-40(43(48)49)44-41(46)34-32-30-28-26-14-12-10-8-6-4-2/h11,13,16-17,39-40,45H,3-10,12,14-15,18-38H2,1-2H3,(H,44,46)(H,48,49)(H,50,51)/b13-11-,17-16-. The minimum absolute atomic E-state index is 0.148. The number of amides is 1. The van der Waals surface area contributed by atoms with Crippen LogP contribution in [0.5, 0.6) is 0 Å². The summed E-state index contributed by atoms with van der Waals surface area (Å²) in [6.07, 6.45) is 39.3. The van der Waals surface area contributed by atoms with Crippen molar-refractivity contribution in [2.75, 3.05) is 19.8 Å². The fourth-order valence-corrected chi connectivity index (χ4v) is 6.82. The first-order chi connectivity index (χ1) is 26.6. The lowest BCUT2D eigenvalue weighted by atomic mass is 10.0. The number of hydrogen-bond acceptors (Lipinski definition) is 8. The summed E-state index contributed by atoms with van der Waals surface area (Å²) in [5, 5.41) is 21.8. The van der Waals surface area contributed by atoms with E-state index in [9.17, 15) is 34.1 Å². The predicted molar refractivity (Wildman–Crippen MR) is 222 cm³/mol. The first-order valence-corrected chi connectivity index (χ1v) is 23.4. The molecule has 0 heterocycles. The highest BCUT2D eigenvalue weighted by molar-refractivity contribution is 7.47. The number of carboxylic acids is 1. The molecule has 1 amide bonds. The molecule has 3 unspecified atom stereocenters. The van der Waals surface area contributed by atoms with E-state index in [0.29, 0.717) is 12.8 Å². The summed E-state index contributed by atoms with van der Waals surface area (Å²) in [5.74, 6) is -2.37. The number of carbonyl (C=O) groups is 3. The third kappa shape index (κ3) is 38.6. The van der Waals surface area contributed by atoms with E-state index in [4.69, 9.17) is 13.8 Å². The SMILES string of the molecule is CCCCC/C=C\C/C=C\CCCCCCCCCCCCCC(=O)OCC(O)COP(=O)(O)OCC(NC(=O)CCCCCCCCCCCC)C(=O)O. The van der Waals surface area contributed by atoms with Crippen LogP contribution in [0.25, 0.3) is 0 Å². The van der Waals surface area contributed by atoms with Crippen LogP contribution in [0.4, 0.5) is 0 Å². The topological polar surface area (TPSA) is 169 Å². The van der Waals surface area contributed by atoms with Crippen LogP contribution in [0.2, 0.25) is 0 Å². The molecule has 0 rings (SSSR count). The van der Waals surface area contributed by atoms with Gasteiger partial charge in [-0.15, -0.1) is 0 Å². The van der Waals surface area contributed by atoms with Gasteiger partial charge < -0.3 is 25.2 Å². The third-order valence-corrected chi connectivity index (χ3v) is 10.4. The van der Waals surface area contributed by atoms with Crippen LogP contribution < -0.4 is 5.32 Å². The Balaban J connectivity index is 3.82. The molecule has 0 aliphatic rings. The van der Waals surface area contributed by atoms with Gasteiger partial charge in [0.25, 0.3) is 0 Å². The smallest absolute Gasteiger partial charge is 0.472 e.